The van der Waals surface area contributed by atoms with Crippen LogP contribution in [0.15, 0.2) is 173 Å². The standard InChI is InChI=1S/C42H27NO2/c1-4-14-28(15-5-1)30-24-25-36(34(26-30)29-16-6-2-7-17-29)43(31-18-8-3-9-19-31)37-27-35-32-20-10-12-22-38(32)44-41(35)40-33-21-11-13-23-39(33)45-42(37)40/h1-27H. The van der Waals surface area contributed by atoms with Crippen LogP contribution in [0.3, 0.4) is 0 Å². The second-order valence-corrected chi connectivity index (χ2v) is 11.3. The Bertz CT molecular complexity index is 2470. The zero-order chi connectivity index (χ0) is 29.7. The molecule has 2 aromatic heterocycles. The van der Waals surface area contributed by atoms with Gasteiger partial charge in [0.05, 0.1) is 16.8 Å². The van der Waals surface area contributed by atoms with E-state index in [2.05, 4.69) is 144 Å². The fraction of sp³-hybridized carbons (Fsp3) is 0. The Morgan fingerprint density at radius 3 is 1.69 bits per heavy atom. The lowest BCUT2D eigenvalue weighted by Gasteiger charge is -2.28. The predicted octanol–water partition coefficient (Wildman–Crippen LogP) is 12.3. The number of fused-ring (bicyclic) bond motifs is 7. The summed E-state index contributed by atoms with van der Waals surface area (Å²) in [4.78, 5) is 2.34. The Morgan fingerprint density at radius 1 is 0.378 bits per heavy atom. The van der Waals surface area contributed by atoms with E-state index >= 15 is 0 Å². The second kappa shape index (κ2) is 10.3. The third kappa shape index (κ3) is 4.13. The van der Waals surface area contributed by atoms with Crippen LogP contribution in [0, 0.1) is 0 Å². The summed E-state index contributed by atoms with van der Waals surface area (Å²) in [6, 6.07) is 57.2. The number of rotatable bonds is 5. The topological polar surface area (TPSA) is 29.5 Å². The van der Waals surface area contributed by atoms with Gasteiger partial charge >= 0.3 is 0 Å². The van der Waals surface area contributed by atoms with Crippen molar-refractivity contribution in [3.05, 3.63) is 164 Å². The van der Waals surface area contributed by atoms with Gasteiger partial charge in [0.1, 0.15) is 16.7 Å². The SMILES string of the molecule is c1ccc(-c2ccc(N(c3ccccc3)c3cc4c5ccccc5oc4c4c3oc3ccccc34)c(-c3ccccc3)c2)cc1. The summed E-state index contributed by atoms with van der Waals surface area (Å²) in [6.07, 6.45) is 0. The van der Waals surface area contributed by atoms with Crippen LogP contribution in [-0.4, -0.2) is 0 Å². The molecular weight excluding hydrogens is 550 g/mol. The third-order valence-electron chi connectivity index (χ3n) is 8.65. The molecule has 3 nitrogen and oxygen atoms in total. The summed E-state index contributed by atoms with van der Waals surface area (Å²) >= 11 is 0. The van der Waals surface area contributed by atoms with Crippen LogP contribution in [0.5, 0.6) is 0 Å². The van der Waals surface area contributed by atoms with Crippen LogP contribution in [-0.2, 0) is 0 Å². The lowest BCUT2D eigenvalue weighted by Crippen LogP contribution is -2.11. The highest BCUT2D eigenvalue weighted by molar-refractivity contribution is 6.25. The molecule has 0 N–H and O–H groups in total. The molecule has 7 aromatic carbocycles. The molecule has 45 heavy (non-hydrogen) atoms. The highest BCUT2D eigenvalue weighted by Gasteiger charge is 2.26. The van der Waals surface area contributed by atoms with Crippen molar-refractivity contribution in [3.8, 4) is 22.3 Å². The van der Waals surface area contributed by atoms with Gasteiger partial charge in [-0.25, -0.2) is 0 Å². The molecule has 0 saturated carbocycles. The summed E-state index contributed by atoms with van der Waals surface area (Å²) in [5.41, 5.74) is 11.0. The summed E-state index contributed by atoms with van der Waals surface area (Å²) in [6.45, 7) is 0. The Morgan fingerprint density at radius 2 is 0.956 bits per heavy atom. The molecule has 0 fully saturated rings. The van der Waals surface area contributed by atoms with E-state index < -0.39 is 0 Å². The average Bonchev–Trinajstić information content (AvgIpc) is 3.69. The van der Waals surface area contributed by atoms with Gasteiger partial charge in [0.15, 0.2) is 5.58 Å². The molecule has 0 aliphatic heterocycles. The van der Waals surface area contributed by atoms with Crippen molar-refractivity contribution in [2.45, 2.75) is 0 Å². The van der Waals surface area contributed by atoms with Gasteiger partial charge in [-0.1, -0.05) is 121 Å². The molecule has 9 rings (SSSR count). The van der Waals surface area contributed by atoms with Crippen molar-refractivity contribution in [1.29, 1.82) is 0 Å². The highest BCUT2D eigenvalue weighted by Crippen LogP contribution is 2.49. The maximum Gasteiger partial charge on any atom is 0.163 e. The first-order valence-electron chi connectivity index (χ1n) is 15.2. The van der Waals surface area contributed by atoms with Crippen LogP contribution >= 0.6 is 0 Å². The van der Waals surface area contributed by atoms with Crippen molar-refractivity contribution < 1.29 is 8.83 Å². The first-order valence-corrected chi connectivity index (χ1v) is 15.2. The smallest absolute Gasteiger partial charge is 0.163 e. The Labute approximate surface area is 260 Å². The van der Waals surface area contributed by atoms with Crippen molar-refractivity contribution in [3.63, 3.8) is 0 Å². The van der Waals surface area contributed by atoms with Crippen molar-refractivity contribution in [2.75, 3.05) is 4.90 Å². The van der Waals surface area contributed by atoms with E-state index in [0.29, 0.717) is 0 Å². The molecule has 0 amide bonds. The van der Waals surface area contributed by atoms with Gasteiger partial charge in [-0.3, -0.25) is 0 Å². The maximum atomic E-state index is 6.75. The zero-order valence-corrected chi connectivity index (χ0v) is 24.4. The van der Waals surface area contributed by atoms with E-state index in [-0.39, 0.29) is 0 Å². The van der Waals surface area contributed by atoms with E-state index in [9.17, 15) is 0 Å². The Balaban J connectivity index is 1.41. The molecule has 3 heteroatoms. The fourth-order valence-corrected chi connectivity index (χ4v) is 6.59. The average molecular weight is 578 g/mol. The number of hydrogen-bond acceptors (Lipinski definition) is 3. The fourth-order valence-electron chi connectivity index (χ4n) is 6.59. The number of nitrogens with zero attached hydrogens (tertiary/aromatic N) is 1. The monoisotopic (exact) mass is 577 g/mol. The van der Waals surface area contributed by atoms with Crippen LogP contribution in [0.1, 0.15) is 0 Å². The number of para-hydroxylation sites is 3. The van der Waals surface area contributed by atoms with Crippen LogP contribution in [0.4, 0.5) is 17.1 Å². The largest absolute Gasteiger partial charge is 0.455 e. The van der Waals surface area contributed by atoms with Crippen molar-refractivity contribution >= 4 is 60.9 Å². The molecule has 0 bridgehead atoms. The molecule has 0 spiro atoms. The van der Waals surface area contributed by atoms with Gasteiger partial charge in [0.25, 0.3) is 0 Å². The first-order chi connectivity index (χ1) is 22.3. The Hall–Kier alpha value is -6.06. The molecule has 0 radical (unpaired) electrons. The quantitative estimate of drug-likeness (QED) is 0.204. The highest BCUT2D eigenvalue weighted by atomic mass is 16.3. The minimum atomic E-state index is 0.790. The second-order valence-electron chi connectivity index (χ2n) is 11.3. The summed E-state index contributed by atoms with van der Waals surface area (Å²) in [5, 5.41) is 4.16. The van der Waals surface area contributed by atoms with E-state index in [1.54, 1.807) is 0 Å². The number of benzene rings is 7. The maximum absolute atomic E-state index is 6.75. The third-order valence-corrected chi connectivity index (χ3v) is 8.65. The lowest BCUT2D eigenvalue weighted by atomic mass is 9.96. The zero-order valence-electron chi connectivity index (χ0n) is 24.4. The van der Waals surface area contributed by atoms with Crippen molar-refractivity contribution in [2.24, 2.45) is 0 Å². The molecule has 0 unspecified atom stereocenters. The van der Waals surface area contributed by atoms with Gasteiger partial charge in [-0.15, -0.1) is 0 Å². The summed E-state index contributed by atoms with van der Waals surface area (Å²) in [5.74, 6) is 0. The molecular formula is C42H27NO2. The summed E-state index contributed by atoms with van der Waals surface area (Å²) < 4.78 is 13.3. The molecule has 0 saturated heterocycles. The molecule has 0 aliphatic carbocycles. The van der Waals surface area contributed by atoms with Gasteiger partial charge in [-0.2, -0.15) is 0 Å². The number of furan rings is 2. The van der Waals surface area contributed by atoms with Gasteiger partial charge in [0, 0.05) is 27.4 Å². The normalized spacial score (nSPS) is 11.6. The predicted molar refractivity (Wildman–Crippen MR) is 187 cm³/mol. The van der Waals surface area contributed by atoms with Crippen LogP contribution < -0.4 is 4.90 Å². The Kier molecular flexibility index (Phi) is 5.82. The first kappa shape index (κ1) is 25.4. The van der Waals surface area contributed by atoms with E-state index in [0.717, 1.165) is 77.6 Å². The van der Waals surface area contributed by atoms with Gasteiger partial charge in [0.2, 0.25) is 0 Å². The minimum absolute atomic E-state index is 0.790. The van der Waals surface area contributed by atoms with Gasteiger partial charge < -0.3 is 13.7 Å². The van der Waals surface area contributed by atoms with E-state index in [1.807, 2.05) is 24.3 Å². The molecule has 212 valence electrons. The van der Waals surface area contributed by atoms with Crippen LogP contribution in [0.2, 0.25) is 0 Å². The van der Waals surface area contributed by atoms with E-state index in [1.165, 1.54) is 5.56 Å². The lowest BCUT2D eigenvalue weighted by molar-refractivity contribution is 0.663. The number of anilines is 3. The molecule has 0 aliphatic rings. The number of hydrogen-bond donors (Lipinski definition) is 0. The minimum Gasteiger partial charge on any atom is -0.455 e. The van der Waals surface area contributed by atoms with Crippen molar-refractivity contribution in [1.82, 2.24) is 0 Å². The van der Waals surface area contributed by atoms with E-state index in [4.69, 9.17) is 8.83 Å². The van der Waals surface area contributed by atoms with Crippen LogP contribution in [0.25, 0.3) is 66.1 Å². The molecule has 9 aromatic rings. The van der Waals surface area contributed by atoms with Gasteiger partial charge in [-0.05, 0) is 59.2 Å². The summed E-state index contributed by atoms with van der Waals surface area (Å²) in [7, 11) is 0. The molecule has 2 heterocycles. The molecule has 0 atom stereocenters.